The van der Waals surface area contributed by atoms with Crippen LogP contribution in [0.3, 0.4) is 0 Å². The van der Waals surface area contributed by atoms with E-state index in [1.165, 1.54) is 79.6 Å². The molecule has 0 radical (unpaired) electrons. The second-order valence-electron chi connectivity index (χ2n) is 25.7. The molecule has 11 aromatic rings. The first-order valence-corrected chi connectivity index (χ1v) is 33.8. The zero-order chi connectivity index (χ0) is 61.5. The summed E-state index contributed by atoms with van der Waals surface area (Å²) in [5.41, 5.74) is 23.6. The maximum atomic E-state index is 10.3. The predicted octanol–water partition coefficient (Wildman–Crippen LogP) is 24.1. The smallest absolute Gasteiger partial charge is 0.0689 e. The van der Waals surface area contributed by atoms with E-state index in [1.807, 2.05) is 11.8 Å². The van der Waals surface area contributed by atoms with Crippen LogP contribution in [0.4, 0.5) is 34.1 Å². The van der Waals surface area contributed by atoms with Crippen molar-refractivity contribution in [3.05, 3.63) is 301 Å². The van der Waals surface area contributed by atoms with Gasteiger partial charge in [0.05, 0.1) is 11.5 Å². The third-order valence-corrected chi connectivity index (χ3v) is 21.5. The number of para-hydroxylation sites is 1. The van der Waals surface area contributed by atoms with Crippen LogP contribution in [-0.4, -0.2) is 16.1 Å². The van der Waals surface area contributed by atoms with E-state index < -0.39 is 5.41 Å². The lowest BCUT2D eigenvalue weighted by Gasteiger charge is -2.42. The Hall–Kier alpha value is -8.79. The number of hydrogen-bond donors (Lipinski definition) is 0. The van der Waals surface area contributed by atoms with Gasteiger partial charge in [0.1, 0.15) is 0 Å². The van der Waals surface area contributed by atoms with Gasteiger partial charge in [-0.25, -0.2) is 0 Å². The van der Waals surface area contributed by atoms with Crippen molar-refractivity contribution in [2.24, 2.45) is 10.8 Å². The van der Waals surface area contributed by atoms with Gasteiger partial charge in [0, 0.05) is 44.0 Å². The summed E-state index contributed by atoms with van der Waals surface area (Å²) in [4.78, 5) is 4.68. The van der Waals surface area contributed by atoms with Gasteiger partial charge in [-0.3, -0.25) is 0 Å². The Kier molecular flexibility index (Phi) is 18.0. The SMILES string of the molecule is CSCSC(C)(C)C(CC(CC(C)(C)C(C)(C)C#N)c1ccc2c(c1)CC2)c1ccc(-c2ccc(-c3ccc(N(c4ccccc4)c4ccc(-c5ccc(N(c6ccc(-c7ccccc7)cc6)c6ccc(-c7ccccc7)cc6)cc5)cc4)cc3)cc2)cc1. The molecule has 1 aliphatic rings. The van der Waals surface area contributed by atoms with E-state index in [4.69, 9.17) is 0 Å². The van der Waals surface area contributed by atoms with Crippen molar-refractivity contribution in [2.45, 2.75) is 83.8 Å². The highest BCUT2D eigenvalue weighted by molar-refractivity contribution is 8.16. The molecule has 0 fully saturated rings. The molecule has 5 heteroatoms. The summed E-state index contributed by atoms with van der Waals surface area (Å²) < 4.78 is -0.00682. The predicted molar refractivity (Wildman–Crippen MR) is 385 cm³/mol. The second-order valence-corrected chi connectivity index (χ2v) is 28.5. The van der Waals surface area contributed by atoms with Crippen molar-refractivity contribution in [3.8, 4) is 61.7 Å². The lowest BCUT2D eigenvalue weighted by atomic mass is 9.62. The van der Waals surface area contributed by atoms with Crippen molar-refractivity contribution >= 4 is 57.6 Å². The average molecular weight is 1190 g/mol. The van der Waals surface area contributed by atoms with Crippen LogP contribution in [0.5, 0.6) is 0 Å². The summed E-state index contributed by atoms with van der Waals surface area (Å²) in [6, 6.07) is 105. The minimum absolute atomic E-state index is 0.00682. The van der Waals surface area contributed by atoms with E-state index in [1.54, 1.807) is 0 Å². The third-order valence-electron chi connectivity index (χ3n) is 19.1. The van der Waals surface area contributed by atoms with Gasteiger partial charge < -0.3 is 9.80 Å². The summed E-state index contributed by atoms with van der Waals surface area (Å²) in [6.45, 7) is 13.7. The molecule has 0 saturated heterocycles. The minimum atomic E-state index is -0.456. The van der Waals surface area contributed by atoms with Crippen LogP contribution in [0.15, 0.2) is 279 Å². The Balaban J connectivity index is 0.763. The number of hydrogen-bond acceptors (Lipinski definition) is 5. The number of thioether (sulfide) groups is 2. The van der Waals surface area contributed by atoms with Crippen LogP contribution in [0.25, 0.3) is 55.6 Å². The Morgan fingerprint density at radius 3 is 1.03 bits per heavy atom. The molecule has 3 nitrogen and oxygen atoms in total. The molecule has 0 heterocycles. The largest absolute Gasteiger partial charge is 0.311 e. The van der Waals surface area contributed by atoms with E-state index in [0.717, 1.165) is 63.2 Å². The van der Waals surface area contributed by atoms with Crippen molar-refractivity contribution < 1.29 is 0 Å². The van der Waals surface area contributed by atoms with Crippen molar-refractivity contribution in [1.82, 2.24) is 0 Å². The summed E-state index contributed by atoms with van der Waals surface area (Å²) in [7, 11) is 0. The van der Waals surface area contributed by atoms with E-state index in [2.05, 4.69) is 354 Å². The fraction of sp³-hybridized carbons (Fsp3) is 0.202. The topological polar surface area (TPSA) is 30.3 Å². The molecule has 442 valence electrons. The van der Waals surface area contributed by atoms with E-state index >= 15 is 0 Å². The minimum Gasteiger partial charge on any atom is -0.311 e. The lowest BCUT2D eigenvalue weighted by molar-refractivity contribution is 0.141. The highest BCUT2D eigenvalue weighted by Gasteiger charge is 2.42. The second kappa shape index (κ2) is 26.5. The molecule has 0 aliphatic heterocycles. The van der Waals surface area contributed by atoms with Gasteiger partial charge >= 0.3 is 0 Å². The van der Waals surface area contributed by atoms with E-state index in [-0.39, 0.29) is 10.2 Å². The molecule has 12 rings (SSSR count). The molecule has 0 N–H and O–H groups in total. The van der Waals surface area contributed by atoms with Crippen LogP contribution in [0.1, 0.15) is 88.5 Å². The average Bonchev–Trinajstić information content (AvgIpc) is 3.77. The first-order chi connectivity index (χ1) is 43.2. The molecule has 2 atom stereocenters. The molecule has 2 unspecified atom stereocenters. The van der Waals surface area contributed by atoms with Gasteiger partial charge in [0.2, 0.25) is 0 Å². The van der Waals surface area contributed by atoms with Crippen LogP contribution < -0.4 is 9.80 Å². The zero-order valence-electron chi connectivity index (χ0n) is 52.4. The summed E-state index contributed by atoms with van der Waals surface area (Å²) in [5.74, 6) is 0.626. The van der Waals surface area contributed by atoms with Gasteiger partial charge in [0.15, 0.2) is 0 Å². The maximum absolute atomic E-state index is 10.3. The van der Waals surface area contributed by atoms with E-state index in [0.29, 0.717) is 11.8 Å². The number of aryl methyl sites for hydroxylation is 2. The molecule has 89 heavy (non-hydrogen) atoms. The normalized spacial score (nSPS) is 12.9. The Morgan fingerprint density at radius 2 is 0.697 bits per heavy atom. The monoisotopic (exact) mass is 1190 g/mol. The number of nitrogens with zero attached hydrogens (tertiary/aromatic N) is 3. The lowest BCUT2D eigenvalue weighted by Crippen LogP contribution is -2.34. The van der Waals surface area contributed by atoms with Gasteiger partial charge in [0.25, 0.3) is 0 Å². The van der Waals surface area contributed by atoms with Crippen LogP contribution >= 0.6 is 23.5 Å². The van der Waals surface area contributed by atoms with Crippen LogP contribution in [0, 0.1) is 22.2 Å². The van der Waals surface area contributed by atoms with Crippen LogP contribution in [0.2, 0.25) is 0 Å². The standard InChI is InChI=1S/C84H79N3S2/c1-82(2,83(3,4)58-85)57-74(73-34-30-70-29-33-72(70)55-73)56-81(84(5,6)89-59-88-7)71-31-27-64(28-32-71)62-23-25-63(26-24-62)67-39-49-76(50-40-67)86(75-21-15-10-16-22-75)77-51-41-68(42-52-77)69-43-53-80(54-44-69)87(78-45-35-65(36-46-78)60-17-11-8-12-18-60)79-47-37-66(38-48-79)61-19-13-9-14-20-61/h8-28,30-32,34-55,74,81H,29,33,56-57,59H2,1-7H3. The fourth-order valence-electron chi connectivity index (χ4n) is 12.8. The molecule has 0 aromatic heterocycles. The van der Waals surface area contributed by atoms with Gasteiger partial charge in [-0.05, 0) is 214 Å². The third kappa shape index (κ3) is 13.5. The summed E-state index contributed by atoms with van der Waals surface area (Å²) in [5, 5.41) is 11.4. The van der Waals surface area contributed by atoms with Gasteiger partial charge in [-0.2, -0.15) is 17.0 Å². The van der Waals surface area contributed by atoms with Crippen molar-refractivity contribution in [1.29, 1.82) is 5.26 Å². The molecule has 11 aromatic carbocycles. The van der Waals surface area contributed by atoms with Gasteiger partial charge in [-0.15, -0.1) is 11.8 Å². The molecule has 0 saturated carbocycles. The quantitative estimate of drug-likeness (QED) is 0.0631. The van der Waals surface area contributed by atoms with Crippen molar-refractivity contribution in [2.75, 3.05) is 21.1 Å². The number of nitriles is 1. The zero-order valence-corrected chi connectivity index (χ0v) is 54.0. The molecule has 0 bridgehead atoms. The molecular formula is C84H79N3S2. The van der Waals surface area contributed by atoms with E-state index in [9.17, 15) is 5.26 Å². The molecule has 1 aliphatic carbocycles. The molecule has 0 amide bonds. The molecular weight excluding hydrogens is 1120 g/mol. The molecule has 0 spiro atoms. The number of fused-ring (bicyclic) bond motifs is 1. The number of benzene rings is 11. The Labute approximate surface area is 538 Å². The highest BCUT2D eigenvalue weighted by atomic mass is 32.2. The summed E-state index contributed by atoms with van der Waals surface area (Å²) in [6.07, 6.45) is 6.54. The fourth-order valence-corrected chi connectivity index (χ4v) is 14.9. The van der Waals surface area contributed by atoms with Crippen LogP contribution in [-0.2, 0) is 12.8 Å². The highest BCUT2D eigenvalue weighted by Crippen LogP contribution is 2.52. The first kappa shape index (κ1) is 60.5. The maximum Gasteiger partial charge on any atom is 0.0689 e. The van der Waals surface area contributed by atoms with Gasteiger partial charge in [-0.1, -0.05) is 234 Å². The Bertz CT molecular complexity index is 4070. The number of rotatable bonds is 22. The number of anilines is 6. The van der Waals surface area contributed by atoms with Crippen molar-refractivity contribution in [3.63, 3.8) is 0 Å². The first-order valence-electron chi connectivity index (χ1n) is 31.4. The Morgan fingerprint density at radius 1 is 0.382 bits per heavy atom. The summed E-state index contributed by atoms with van der Waals surface area (Å²) >= 11 is 3.98.